The fraction of sp³-hybridized carbons (Fsp3) is 0.533. The molecule has 6 nitrogen and oxygen atoms in total. The third kappa shape index (κ3) is 7.43. The van der Waals surface area contributed by atoms with E-state index in [0.717, 1.165) is 5.56 Å². The van der Waals surface area contributed by atoms with Gasteiger partial charge in [-0.05, 0) is 37.5 Å². The number of urea groups is 1. The second-order valence-electron chi connectivity index (χ2n) is 5.14. The number of hydrogen-bond acceptors (Lipinski definition) is 3. The Bertz CT molecular complexity index is 608. The van der Waals surface area contributed by atoms with Gasteiger partial charge in [-0.15, -0.1) is 0 Å². The lowest BCUT2D eigenvalue weighted by Gasteiger charge is -2.15. The van der Waals surface area contributed by atoms with Crippen molar-refractivity contribution in [3.8, 4) is 0 Å². The molecule has 0 aromatic heterocycles. The SMILES string of the molecule is CCS(=O)(=O)N(C)CCCNC(=O)NCCc1cccc(F)c1. The fourth-order valence-electron chi connectivity index (χ4n) is 1.94. The first kappa shape index (κ1) is 19.4. The van der Waals surface area contributed by atoms with Gasteiger partial charge in [0.1, 0.15) is 5.82 Å². The summed E-state index contributed by atoms with van der Waals surface area (Å²) in [5.74, 6) is -0.226. The highest BCUT2D eigenvalue weighted by Crippen LogP contribution is 2.03. The summed E-state index contributed by atoms with van der Waals surface area (Å²) in [6.07, 6.45) is 1.08. The Kier molecular flexibility index (Phi) is 7.97. The van der Waals surface area contributed by atoms with Gasteiger partial charge in [0.25, 0.3) is 0 Å². The number of hydrogen-bond donors (Lipinski definition) is 2. The third-order valence-corrected chi connectivity index (χ3v) is 5.23. The summed E-state index contributed by atoms with van der Waals surface area (Å²) in [7, 11) is -1.65. The van der Waals surface area contributed by atoms with Crippen LogP contribution in [0.1, 0.15) is 18.9 Å². The molecule has 0 bridgehead atoms. The summed E-state index contributed by atoms with van der Waals surface area (Å²) >= 11 is 0. The van der Waals surface area contributed by atoms with Crippen LogP contribution in [0.15, 0.2) is 24.3 Å². The maximum atomic E-state index is 13.0. The van der Waals surface area contributed by atoms with E-state index in [4.69, 9.17) is 0 Å². The van der Waals surface area contributed by atoms with Crippen LogP contribution < -0.4 is 10.6 Å². The zero-order valence-electron chi connectivity index (χ0n) is 13.5. The predicted molar refractivity (Wildman–Crippen MR) is 88.2 cm³/mol. The summed E-state index contributed by atoms with van der Waals surface area (Å²) in [4.78, 5) is 11.6. The number of nitrogens with one attached hydrogen (secondary N) is 2. The van der Waals surface area contributed by atoms with Gasteiger partial charge >= 0.3 is 6.03 Å². The molecule has 0 unspecified atom stereocenters. The highest BCUT2D eigenvalue weighted by molar-refractivity contribution is 7.89. The Morgan fingerprint density at radius 3 is 2.61 bits per heavy atom. The first-order valence-electron chi connectivity index (χ1n) is 7.55. The largest absolute Gasteiger partial charge is 0.338 e. The van der Waals surface area contributed by atoms with E-state index in [-0.39, 0.29) is 17.6 Å². The number of carbonyl (C=O) groups is 1. The average molecular weight is 345 g/mol. The van der Waals surface area contributed by atoms with E-state index in [1.54, 1.807) is 19.1 Å². The van der Waals surface area contributed by atoms with Crippen molar-refractivity contribution in [2.45, 2.75) is 19.8 Å². The Morgan fingerprint density at radius 2 is 1.96 bits per heavy atom. The topological polar surface area (TPSA) is 78.5 Å². The first-order valence-corrected chi connectivity index (χ1v) is 9.16. The molecule has 0 aliphatic carbocycles. The highest BCUT2D eigenvalue weighted by atomic mass is 32.2. The molecule has 1 rings (SSSR count). The summed E-state index contributed by atoms with van der Waals surface area (Å²) in [6.45, 7) is 2.74. The molecule has 0 radical (unpaired) electrons. The van der Waals surface area contributed by atoms with Crippen LogP contribution in [-0.4, -0.2) is 51.2 Å². The molecule has 2 amide bonds. The van der Waals surface area contributed by atoms with Crippen LogP contribution in [0, 0.1) is 5.82 Å². The fourth-order valence-corrected chi connectivity index (χ4v) is 2.79. The Hall–Kier alpha value is -1.67. The van der Waals surface area contributed by atoms with Gasteiger partial charge in [-0.25, -0.2) is 21.9 Å². The van der Waals surface area contributed by atoms with Crippen LogP contribution in [0.25, 0.3) is 0 Å². The van der Waals surface area contributed by atoms with Gasteiger partial charge in [-0.3, -0.25) is 0 Å². The van der Waals surface area contributed by atoms with E-state index in [0.29, 0.717) is 32.5 Å². The number of benzene rings is 1. The van der Waals surface area contributed by atoms with E-state index in [2.05, 4.69) is 10.6 Å². The summed E-state index contributed by atoms with van der Waals surface area (Å²) in [6, 6.07) is 5.92. The molecular formula is C15H24FN3O3S. The molecule has 0 aliphatic rings. The maximum Gasteiger partial charge on any atom is 0.314 e. The quantitative estimate of drug-likeness (QED) is 0.663. The van der Waals surface area contributed by atoms with E-state index < -0.39 is 10.0 Å². The predicted octanol–water partition coefficient (Wildman–Crippen LogP) is 1.34. The minimum Gasteiger partial charge on any atom is -0.338 e. The molecule has 8 heteroatoms. The minimum atomic E-state index is -3.17. The standard InChI is InChI=1S/C15H24FN3O3S/c1-3-23(21,22)19(2)11-5-9-17-15(20)18-10-8-13-6-4-7-14(16)12-13/h4,6-7,12H,3,5,8-11H2,1-2H3,(H2,17,18,20). The highest BCUT2D eigenvalue weighted by Gasteiger charge is 2.13. The first-order chi connectivity index (χ1) is 10.8. The minimum absolute atomic E-state index is 0.0670. The van der Waals surface area contributed by atoms with Crippen molar-refractivity contribution in [2.75, 3.05) is 32.4 Å². The number of carbonyl (C=O) groups excluding carboxylic acids is 1. The maximum absolute atomic E-state index is 13.0. The van der Waals surface area contributed by atoms with Crippen LogP contribution in [0.4, 0.5) is 9.18 Å². The zero-order valence-corrected chi connectivity index (χ0v) is 14.3. The monoisotopic (exact) mass is 345 g/mol. The molecule has 130 valence electrons. The van der Waals surface area contributed by atoms with E-state index in [1.807, 2.05) is 0 Å². The van der Waals surface area contributed by atoms with Gasteiger partial charge in [0.05, 0.1) is 5.75 Å². The summed E-state index contributed by atoms with van der Waals surface area (Å²) in [5, 5.41) is 5.34. The van der Waals surface area contributed by atoms with Crippen LogP contribution in [0.5, 0.6) is 0 Å². The Morgan fingerprint density at radius 1 is 1.26 bits per heavy atom. The van der Waals surface area contributed by atoms with Crippen molar-refractivity contribution in [2.24, 2.45) is 0 Å². The average Bonchev–Trinajstić information content (AvgIpc) is 2.51. The van der Waals surface area contributed by atoms with Crippen LogP contribution in [0.3, 0.4) is 0 Å². The van der Waals surface area contributed by atoms with Crippen molar-refractivity contribution in [1.82, 2.24) is 14.9 Å². The normalized spacial score (nSPS) is 11.5. The molecule has 23 heavy (non-hydrogen) atoms. The molecule has 0 saturated heterocycles. The Balaban J connectivity index is 2.15. The third-order valence-electron chi connectivity index (χ3n) is 3.36. The molecule has 0 atom stereocenters. The number of halogens is 1. The molecule has 0 saturated carbocycles. The molecule has 1 aromatic carbocycles. The molecule has 0 fully saturated rings. The van der Waals surface area contributed by atoms with Crippen molar-refractivity contribution < 1.29 is 17.6 Å². The molecule has 2 N–H and O–H groups in total. The summed E-state index contributed by atoms with van der Waals surface area (Å²) in [5.41, 5.74) is 0.816. The van der Waals surface area contributed by atoms with Gasteiger partial charge in [0, 0.05) is 26.7 Å². The van der Waals surface area contributed by atoms with Crippen LogP contribution >= 0.6 is 0 Å². The van der Waals surface area contributed by atoms with Crippen molar-refractivity contribution in [3.63, 3.8) is 0 Å². The number of nitrogens with zero attached hydrogens (tertiary/aromatic N) is 1. The molecule has 1 aromatic rings. The van der Waals surface area contributed by atoms with Gasteiger partial charge < -0.3 is 10.6 Å². The number of sulfonamides is 1. The van der Waals surface area contributed by atoms with Crippen molar-refractivity contribution in [3.05, 3.63) is 35.6 Å². The van der Waals surface area contributed by atoms with Crippen LogP contribution in [-0.2, 0) is 16.4 Å². The van der Waals surface area contributed by atoms with Gasteiger partial charge in [-0.1, -0.05) is 12.1 Å². The second-order valence-corrected chi connectivity index (χ2v) is 7.50. The Labute approximate surface area is 137 Å². The smallest absolute Gasteiger partial charge is 0.314 e. The van der Waals surface area contributed by atoms with Crippen LogP contribution in [0.2, 0.25) is 0 Å². The van der Waals surface area contributed by atoms with Gasteiger partial charge in [0.2, 0.25) is 10.0 Å². The van der Waals surface area contributed by atoms with E-state index in [9.17, 15) is 17.6 Å². The molecule has 0 aliphatic heterocycles. The molecular weight excluding hydrogens is 321 g/mol. The lowest BCUT2D eigenvalue weighted by Crippen LogP contribution is -2.38. The second kappa shape index (κ2) is 9.46. The lowest BCUT2D eigenvalue weighted by atomic mass is 10.1. The van der Waals surface area contributed by atoms with E-state index in [1.165, 1.54) is 23.5 Å². The van der Waals surface area contributed by atoms with Crippen molar-refractivity contribution in [1.29, 1.82) is 0 Å². The van der Waals surface area contributed by atoms with Gasteiger partial charge in [0.15, 0.2) is 0 Å². The summed E-state index contributed by atoms with van der Waals surface area (Å²) < 4.78 is 37.3. The number of amides is 2. The number of rotatable bonds is 9. The molecule has 0 spiro atoms. The zero-order chi connectivity index (χ0) is 17.3. The van der Waals surface area contributed by atoms with Crippen molar-refractivity contribution >= 4 is 16.1 Å². The van der Waals surface area contributed by atoms with E-state index >= 15 is 0 Å². The van der Waals surface area contributed by atoms with Gasteiger partial charge in [-0.2, -0.15) is 0 Å². The lowest BCUT2D eigenvalue weighted by molar-refractivity contribution is 0.240. The molecule has 0 heterocycles.